The molecule has 0 amide bonds. The summed E-state index contributed by atoms with van der Waals surface area (Å²) >= 11 is 0. The van der Waals surface area contributed by atoms with Gasteiger partial charge in [-0.25, -0.2) is 4.68 Å². The second-order valence-electron chi connectivity index (χ2n) is 4.77. The van der Waals surface area contributed by atoms with Crippen LogP contribution in [0.3, 0.4) is 0 Å². The van der Waals surface area contributed by atoms with Crippen molar-refractivity contribution in [1.82, 2.24) is 20.0 Å². The van der Waals surface area contributed by atoms with E-state index in [1.54, 1.807) is 0 Å². The van der Waals surface area contributed by atoms with E-state index in [1.165, 1.54) is 0 Å². The van der Waals surface area contributed by atoms with Crippen LogP contribution in [-0.2, 0) is 6.42 Å². The predicted octanol–water partition coefficient (Wildman–Crippen LogP) is 2.90. The Morgan fingerprint density at radius 2 is 2.06 bits per heavy atom. The number of aryl methyl sites for hydroxylation is 3. The minimum Gasteiger partial charge on any atom is -0.280 e. The molecule has 2 aromatic rings. The summed E-state index contributed by atoms with van der Waals surface area (Å²) in [4.78, 5) is 0. The molecule has 17 heavy (non-hydrogen) atoms. The normalized spacial score (nSPS) is 11.4. The highest BCUT2D eigenvalue weighted by Crippen LogP contribution is 2.21. The van der Waals surface area contributed by atoms with Gasteiger partial charge in [0.25, 0.3) is 0 Å². The lowest BCUT2D eigenvalue weighted by atomic mass is 10.1. The molecule has 0 radical (unpaired) electrons. The number of H-pyrrole nitrogens is 1. The Morgan fingerprint density at radius 1 is 1.35 bits per heavy atom. The molecule has 92 valence electrons. The zero-order valence-corrected chi connectivity index (χ0v) is 11.2. The van der Waals surface area contributed by atoms with Crippen LogP contribution in [0.1, 0.15) is 49.5 Å². The van der Waals surface area contributed by atoms with Crippen LogP contribution in [0.2, 0.25) is 0 Å². The molecule has 0 fully saturated rings. The third-order valence-corrected chi connectivity index (χ3v) is 3.03. The summed E-state index contributed by atoms with van der Waals surface area (Å²) in [5.41, 5.74) is 5.54. The molecule has 0 unspecified atom stereocenters. The molecule has 0 bridgehead atoms. The number of aromatic amines is 1. The highest BCUT2D eigenvalue weighted by atomic mass is 15.3. The van der Waals surface area contributed by atoms with Crippen LogP contribution in [0.5, 0.6) is 0 Å². The van der Waals surface area contributed by atoms with Crippen LogP contribution in [0.15, 0.2) is 6.07 Å². The molecule has 0 saturated heterocycles. The maximum absolute atomic E-state index is 4.68. The summed E-state index contributed by atoms with van der Waals surface area (Å²) in [5.74, 6) is 0.451. The van der Waals surface area contributed by atoms with E-state index in [0.717, 1.165) is 34.9 Å². The maximum Gasteiger partial charge on any atom is 0.109 e. The lowest BCUT2D eigenvalue weighted by Gasteiger charge is -2.05. The van der Waals surface area contributed by atoms with E-state index in [1.807, 2.05) is 11.6 Å². The monoisotopic (exact) mass is 232 g/mol. The van der Waals surface area contributed by atoms with Crippen LogP contribution >= 0.6 is 0 Å². The van der Waals surface area contributed by atoms with Crippen molar-refractivity contribution in [2.24, 2.45) is 0 Å². The van der Waals surface area contributed by atoms with Crippen molar-refractivity contribution in [3.63, 3.8) is 0 Å². The quantitative estimate of drug-likeness (QED) is 0.884. The minimum absolute atomic E-state index is 0.451. The van der Waals surface area contributed by atoms with E-state index < -0.39 is 0 Å². The Hall–Kier alpha value is -1.58. The van der Waals surface area contributed by atoms with Crippen LogP contribution in [0, 0.1) is 13.8 Å². The van der Waals surface area contributed by atoms with Gasteiger partial charge in [0.15, 0.2) is 0 Å². The molecule has 0 aromatic carbocycles. The molecule has 0 saturated carbocycles. The molecule has 0 atom stereocenters. The maximum atomic E-state index is 4.68. The van der Waals surface area contributed by atoms with E-state index in [0.29, 0.717) is 5.92 Å². The zero-order valence-electron chi connectivity index (χ0n) is 11.2. The van der Waals surface area contributed by atoms with Crippen LogP contribution in [0.4, 0.5) is 0 Å². The first-order valence-corrected chi connectivity index (χ1v) is 6.15. The first-order chi connectivity index (χ1) is 8.04. The SMILES string of the molecule is CCc1n[nH]c(C)c1-n1nc(C(C)C)cc1C. The molecule has 0 aliphatic heterocycles. The highest BCUT2D eigenvalue weighted by Gasteiger charge is 2.15. The van der Waals surface area contributed by atoms with Crippen LogP contribution in [-0.4, -0.2) is 20.0 Å². The van der Waals surface area contributed by atoms with Gasteiger partial charge in [-0.05, 0) is 32.3 Å². The molecule has 2 heterocycles. The summed E-state index contributed by atoms with van der Waals surface area (Å²) in [6.07, 6.45) is 0.913. The Bertz CT molecular complexity index is 520. The largest absolute Gasteiger partial charge is 0.280 e. The molecule has 2 aromatic heterocycles. The lowest BCUT2D eigenvalue weighted by Crippen LogP contribution is -2.03. The molecule has 2 rings (SSSR count). The molecular weight excluding hydrogens is 212 g/mol. The molecule has 0 aliphatic rings. The number of aromatic nitrogens is 4. The van der Waals surface area contributed by atoms with Crippen LogP contribution < -0.4 is 0 Å². The van der Waals surface area contributed by atoms with E-state index in [9.17, 15) is 0 Å². The highest BCUT2D eigenvalue weighted by molar-refractivity contribution is 5.42. The second-order valence-corrected chi connectivity index (χ2v) is 4.77. The van der Waals surface area contributed by atoms with Crippen molar-refractivity contribution >= 4 is 0 Å². The third-order valence-electron chi connectivity index (χ3n) is 3.03. The van der Waals surface area contributed by atoms with Gasteiger partial charge in [0.1, 0.15) is 5.69 Å². The average molecular weight is 232 g/mol. The molecule has 1 N–H and O–H groups in total. The Labute approximate surface area is 102 Å². The summed E-state index contributed by atoms with van der Waals surface area (Å²) < 4.78 is 2.01. The first-order valence-electron chi connectivity index (χ1n) is 6.15. The van der Waals surface area contributed by atoms with Crippen molar-refractivity contribution < 1.29 is 0 Å². The van der Waals surface area contributed by atoms with Gasteiger partial charge < -0.3 is 0 Å². The fraction of sp³-hybridized carbons (Fsp3) is 0.538. The van der Waals surface area contributed by atoms with Crippen molar-refractivity contribution in [2.45, 2.75) is 47.0 Å². The zero-order chi connectivity index (χ0) is 12.6. The van der Waals surface area contributed by atoms with Crippen molar-refractivity contribution in [2.75, 3.05) is 0 Å². The lowest BCUT2D eigenvalue weighted by molar-refractivity contribution is 0.753. The second kappa shape index (κ2) is 4.35. The summed E-state index contributed by atoms with van der Waals surface area (Å²) in [6.45, 7) is 10.6. The van der Waals surface area contributed by atoms with Gasteiger partial charge in [0, 0.05) is 5.69 Å². The van der Waals surface area contributed by atoms with Crippen molar-refractivity contribution in [3.8, 4) is 5.69 Å². The summed E-state index contributed by atoms with van der Waals surface area (Å²) in [6, 6.07) is 2.15. The van der Waals surface area contributed by atoms with Gasteiger partial charge in [0.05, 0.1) is 17.1 Å². The Kier molecular flexibility index (Phi) is 3.05. The average Bonchev–Trinajstić information content (AvgIpc) is 2.81. The van der Waals surface area contributed by atoms with Gasteiger partial charge in [0.2, 0.25) is 0 Å². The number of nitrogens with zero attached hydrogens (tertiary/aromatic N) is 3. The first kappa shape index (κ1) is 11.9. The van der Waals surface area contributed by atoms with Gasteiger partial charge in [-0.2, -0.15) is 10.2 Å². The molecule has 4 heteroatoms. The Balaban J connectivity index is 2.56. The van der Waals surface area contributed by atoms with E-state index >= 15 is 0 Å². The number of hydrogen-bond acceptors (Lipinski definition) is 2. The Morgan fingerprint density at radius 3 is 2.59 bits per heavy atom. The van der Waals surface area contributed by atoms with Crippen molar-refractivity contribution in [3.05, 3.63) is 28.8 Å². The molecule has 0 spiro atoms. The topological polar surface area (TPSA) is 46.5 Å². The summed E-state index contributed by atoms with van der Waals surface area (Å²) in [5, 5.41) is 12.0. The predicted molar refractivity (Wildman–Crippen MR) is 68.7 cm³/mol. The number of hydrogen-bond donors (Lipinski definition) is 1. The standard InChI is InChI=1S/C13H20N4/c1-6-11-13(10(5)14-15-11)17-9(4)7-12(16-17)8(2)3/h7-8H,6H2,1-5H3,(H,14,15). The van der Waals surface area contributed by atoms with E-state index in [2.05, 4.69) is 49.1 Å². The smallest absolute Gasteiger partial charge is 0.109 e. The van der Waals surface area contributed by atoms with Gasteiger partial charge >= 0.3 is 0 Å². The van der Waals surface area contributed by atoms with E-state index in [-0.39, 0.29) is 0 Å². The van der Waals surface area contributed by atoms with Crippen molar-refractivity contribution in [1.29, 1.82) is 0 Å². The minimum atomic E-state index is 0.451. The van der Waals surface area contributed by atoms with E-state index in [4.69, 9.17) is 0 Å². The molecular formula is C13H20N4. The molecule has 4 nitrogen and oxygen atoms in total. The van der Waals surface area contributed by atoms with Crippen LogP contribution in [0.25, 0.3) is 5.69 Å². The molecule has 0 aliphatic carbocycles. The number of nitrogens with one attached hydrogen (secondary N) is 1. The number of rotatable bonds is 3. The fourth-order valence-corrected chi connectivity index (χ4v) is 2.01. The van der Waals surface area contributed by atoms with Gasteiger partial charge in [-0.3, -0.25) is 5.10 Å². The van der Waals surface area contributed by atoms with Gasteiger partial charge in [-0.15, -0.1) is 0 Å². The van der Waals surface area contributed by atoms with Gasteiger partial charge in [-0.1, -0.05) is 20.8 Å². The third kappa shape index (κ3) is 1.99. The summed E-state index contributed by atoms with van der Waals surface area (Å²) in [7, 11) is 0. The fourth-order valence-electron chi connectivity index (χ4n) is 2.01.